The summed E-state index contributed by atoms with van der Waals surface area (Å²) in [4.78, 5) is 1.90. The standard InChI is InChI=1S/C15H21FN2O3S/c1-11-3-4-12(16)15(9-11)22(19,20)18-6-5-14-13(10-18)17(2)7-8-21-14/h3-4,9,13-14H,5-8,10H2,1-2H3/t13-,14+/m1/s1. The van der Waals surface area contributed by atoms with E-state index < -0.39 is 15.8 Å². The zero-order valence-corrected chi connectivity index (χ0v) is 13.6. The van der Waals surface area contributed by atoms with Gasteiger partial charge >= 0.3 is 0 Å². The normalized spacial score (nSPS) is 27.6. The first-order valence-corrected chi connectivity index (χ1v) is 8.92. The van der Waals surface area contributed by atoms with E-state index in [1.54, 1.807) is 13.0 Å². The van der Waals surface area contributed by atoms with Gasteiger partial charge in [0, 0.05) is 25.7 Å². The fourth-order valence-electron chi connectivity index (χ4n) is 3.18. The molecule has 0 N–H and O–H groups in total. The van der Waals surface area contributed by atoms with E-state index in [4.69, 9.17) is 4.74 Å². The second kappa shape index (κ2) is 5.88. The molecular formula is C15H21FN2O3S. The minimum absolute atomic E-state index is 0.0325. The van der Waals surface area contributed by atoms with Gasteiger partial charge in [0.05, 0.1) is 12.7 Å². The lowest BCUT2D eigenvalue weighted by atomic mass is 10.0. The third kappa shape index (κ3) is 2.78. The van der Waals surface area contributed by atoms with Crippen LogP contribution in [0, 0.1) is 12.7 Å². The first-order valence-electron chi connectivity index (χ1n) is 7.48. The Balaban J connectivity index is 1.88. The summed E-state index contributed by atoms with van der Waals surface area (Å²) >= 11 is 0. The van der Waals surface area contributed by atoms with Gasteiger partial charge in [0.1, 0.15) is 10.7 Å². The molecule has 2 aliphatic heterocycles. The minimum atomic E-state index is -3.81. The van der Waals surface area contributed by atoms with Crippen molar-refractivity contribution in [2.24, 2.45) is 0 Å². The van der Waals surface area contributed by atoms with Gasteiger partial charge in [-0.2, -0.15) is 4.31 Å². The molecule has 22 heavy (non-hydrogen) atoms. The van der Waals surface area contributed by atoms with Crippen LogP contribution in [0.25, 0.3) is 0 Å². The zero-order chi connectivity index (χ0) is 15.9. The van der Waals surface area contributed by atoms with Gasteiger partial charge in [0.15, 0.2) is 0 Å². The maximum absolute atomic E-state index is 14.0. The molecule has 2 heterocycles. The van der Waals surface area contributed by atoms with Crippen LogP contribution in [0.15, 0.2) is 23.1 Å². The Labute approximate surface area is 130 Å². The molecule has 122 valence electrons. The molecule has 0 aliphatic carbocycles. The number of ether oxygens (including phenoxy) is 1. The average molecular weight is 328 g/mol. The van der Waals surface area contributed by atoms with Crippen molar-refractivity contribution >= 4 is 10.0 Å². The molecule has 0 aromatic heterocycles. The van der Waals surface area contributed by atoms with Crippen LogP contribution in [0.2, 0.25) is 0 Å². The predicted octanol–water partition coefficient (Wildman–Crippen LogP) is 1.23. The van der Waals surface area contributed by atoms with Crippen molar-refractivity contribution in [2.45, 2.75) is 30.4 Å². The second-order valence-corrected chi connectivity index (χ2v) is 7.95. The van der Waals surface area contributed by atoms with Gasteiger partial charge in [-0.05, 0) is 38.1 Å². The molecular weight excluding hydrogens is 307 g/mol. The summed E-state index contributed by atoms with van der Waals surface area (Å²) in [6.45, 7) is 3.93. The van der Waals surface area contributed by atoms with Gasteiger partial charge in [0.2, 0.25) is 10.0 Å². The Bertz CT molecular complexity index is 665. The van der Waals surface area contributed by atoms with Crippen molar-refractivity contribution in [3.8, 4) is 0 Å². The number of hydrogen-bond donors (Lipinski definition) is 0. The Hall–Kier alpha value is -1.02. The molecule has 0 amide bonds. The molecule has 0 unspecified atom stereocenters. The number of morpholine rings is 1. The van der Waals surface area contributed by atoms with Crippen LogP contribution in [-0.4, -0.2) is 63.1 Å². The first kappa shape index (κ1) is 15.9. The van der Waals surface area contributed by atoms with E-state index in [2.05, 4.69) is 4.90 Å². The number of nitrogens with zero attached hydrogens (tertiary/aromatic N) is 2. The fraction of sp³-hybridized carbons (Fsp3) is 0.600. The van der Waals surface area contributed by atoms with Crippen LogP contribution in [0.3, 0.4) is 0 Å². The predicted molar refractivity (Wildman–Crippen MR) is 80.7 cm³/mol. The van der Waals surface area contributed by atoms with Crippen molar-refractivity contribution in [3.63, 3.8) is 0 Å². The highest BCUT2D eigenvalue weighted by Crippen LogP contribution is 2.27. The monoisotopic (exact) mass is 328 g/mol. The Morgan fingerprint density at radius 2 is 2.09 bits per heavy atom. The van der Waals surface area contributed by atoms with E-state index in [-0.39, 0.29) is 17.0 Å². The molecule has 2 fully saturated rings. The second-order valence-electron chi connectivity index (χ2n) is 6.04. The largest absolute Gasteiger partial charge is 0.375 e. The van der Waals surface area contributed by atoms with Crippen molar-refractivity contribution in [1.29, 1.82) is 0 Å². The third-order valence-electron chi connectivity index (χ3n) is 4.53. The van der Waals surface area contributed by atoms with Gasteiger partial charge in [-0.1, -0.05) is 6.07 Å². The van der Waals surface area contributed by atoms with Crippen molar-refractivity contribution in [2.75, 3.05) is 33.3 Å². The average Bonchev–Trinajstić information content (AvgIpc) is 2.49. The molecule has 2 saturated heterocycles. The van der Waals surface area contributed by atoms with Crippen LogP contribution < -0.4 is 0 Å². The molecule has 7 heteroatoms. The first-order chi connectivity index (χ1) is 10.4. The highest BCUT2D eigenvalue weighted by Gasteiger charge is 2.40. The van der Waals surface area contributed by atoms with E-state index >= 15 is 0 Å². The Morgan fingerprint density at radius 1 is 1.32 bits per heavy atom. The molecule has 0 bridgehead atoms. The summed E-state index contributed by atoms with van der Waals surface area (Å²) < 4.78 is 46.6. The number of halogens is 1. The van der Waals surface area contributed by atoms with Crippen molar-refractivity contribution in [3.05, 3.63) is 29.6 Å². The van der Waals surface area contributed by atoms with Crippen LogP contribution in [0.5, 0.6) is 0 Å². The van der Waals surface area contributed by atoms with Crippen LogP contribution in [-0.2, 0) is 14.8 Å². The zero-order valence-electron chi connectivity index (χ0n) is 12.8. The van der Waals surface area contributed by atoms with Gasteiger partial charge < -0.3 is 4.74 Å². The lowest BCUT2D eigenvalue weighted by molar-refractivity contribution is -0.0840. The molecule has 5 nitrogen and oxygen atoms in total. The minimum Gasteiger partial charge on any atom is -0.375 e. The number of sulfonamides is 1. The topological polar surface area (TPSA) is 49.9 Å². The van der Waals surface area contributed by atoms with Crippen LogP contribution in [0.1, 0.15) is 12.0 Å². The summed E-state index contributed by atoms with van der Waals surface area (Å²) in [5.74, 6) is -0.694. The fourth-order valence-corrected chi connectivity index (χ4v) is 4.80. The Morgan fingerprint density at radius 3 is 2.86 bits per heavy atom. The highest BCUT2D eigenvalue weighted by atomic mass is 32.2. The summed E-state index contributed by atoms with van der Waals surface area (Å²) in [6, 6.07) is 4.22. The number of piperidine rings is 1. The van der Waals surface area contributed by atoms with E-state index in [0.29, 0.717) is 26.1 Å². The molecule has 2 atom stereocenters. The number of rotatable bonds is 2. The maximum Gasteiger partial charge on any atom is 0.246 e. The van der Waals surface area contributed by atoms with Gasteiger partial charge in [0.25, 0.3) is 0 Å². The van der Waals surface area contributed by atoms with Crippen molar-refractivity contribution in [1.82, 2.24) is 9.21 Å². The smallest absolute Gasteiger partial charge is 0.246 e. The number of fused-ring (bicyclic) bond motifs is 1. The van der Waals surface area contributed by atoms with Crippen LogP contribution in [0.4, 0.5) is 4.39 Å². The van der Waals surface area contributed by atoms with Crippen molar-refractivity contribution < 1.29 is 17.5 Å². The van der Waals surface area contributed by atoms with Crippen LogP contribution >= 0.6 is 0 Å². The highest BCUT2D eigenvalue weighted by molar-refractivity contribution is 7.89. The number of likely N-dealkylation sites (N-methyl/N-ethyl adjacent to an activating group) is 1. The molecule has 1 aromatic rings. The Kier molecular flexibility index (Phi) is 4.24. The lowest BCUT2D eigenvalue weighted by Crippen LogP contribution is -2.59. The maximum atomic E-state index is 14.0. The number of hydrogen-bond acceptors (Lipinski definition) is 4. The number of aryl methyl sites for hydroxylation is 1. The quantitative estimate of drug-likeness (QED) is 0.819. The summed E-state index contributed by atoms with van der Waals surface area (Å²) in [5.41, 5.74) is 0.730. The SMILES string of the molecule is Cc1ccc(F)c(S(=O)(=O)N2CC[C@@H]3OCCN(C)[C@@H]3C2)c1. The van der Waals surface area contributed by atoms with E-state index in [9.17, 15) is 12.8 Å². The lowest BCUT2D eigenvalue weighted by Gasteiger charge is -2.45. The summed E-state index contributed by atoms with van der Waals surface area (Å²) in [5, 5.41) is 0. The molecule has 0 saturated carbocycles. The molecule has 1 aromatic carbocycles. The van der Waals surface area contributed by atoms with Gasteiger partial charge in [-0.25, -0.2) is 12.8 Å². The summed E-state index contributed by atoms with van der Waals surface area (Å²) in [7, 11) is -1.84. The molecule has 2 aliphatic rings. The van der Waals surface area contributed by atoms with E-state index in [1.165, 1.54) is 16.4 Å². The van der Waals surface area contributed by atoms with Gasteiger partial charge in [-0.3, -0.25) is 4.90 Å². The van der Waals surface area contributed by atoms with Gasteiger partial charge in [-0.15, -0.1) is 0 Å². The van der Waals surface area contributed by atoms with E-state index in [0.717, 1.165) is 12.1 Å². The molecule has 0 radical (unpaired) electrons. The van der Waals surface area contributed by atoms with E-state index in [1.807, 2.05) is 7.05 Å². The summed E-state index contributed by atoms with van der Waals surface area (Å²) in [6.07, 6.45) is 0.703. The molecule has 3 rings (SSSR count). The molecule has 0 spiro atoms. The number of benzene rings is 1. The third-order valence-corrected chi connectivity index (χ3v) is 6.41.